The molecule has 1 aliphatic rings. The molecule has 1 unspecified atom stereocenters. The molecule has 37 heavy (non-hydrogen) atoms. The Bertz CT molecular complexity index is 1640. The van der Waals surface area contributed by atoms with E-state index in [1.807, 2.05) is 42.5 Å². The van der Waals surface area contributed by atoms with Crippen LogP contribution >= 0.6 is 0 Å². The smallest absolute Gasteiger partial charge is 0.326 e. The predicted octanol–water partition coefficient (Wildman–Crippen LogP) is 5.65. The van der Waals surface area contributed by atoms with Crippen LogP contribution < -0.4 is 10.2 Å². The fourth-order valence-electron chi connectivity index (χ4n) is 4.74. The second kappa shape index (κ2) is 9.52. The number of hydrogen-bond acceptors (Lipinski definition) is 5. The van der Waals surface area contributed by atoms with Crippen molar-refractivity contribution in [2.75, 3.05) is 0 Å². The minimum absolute atomic E-state index is 0.0884. The standard InChI is InChI=1S/C30H22FNO5/c31-22-14-20(29-21(15-22)18-36-30(37-29)19-8-2-1-3-9-19)17-35-27(33)16-32-25-12-6-4-10-23(25)28(34)24-11-5-7-13-26(24)32/h1-15,30H,16-18H2. The molecule has 6 nitrogen and oxygen atoms in total. The van der Waals surface area contributed by atoms with Crippen molar-refractivity contribution in [1.82, 2.24) is 4.57 Å². The number of ether oxygens (including phenoxy) is 3. The van der Waals surface area contributed by atoms with Gasteiger partial charge in [-0.2, -0.15) is 0 Å². The van der Waals surface area contributed by atoms with E-state index in [0.717, 1.165) is 5.56 Å². The van der Waals surface area contributed by atoms with Gasteiger partial charge in [0.25, 0.3) is 0 Å². The number of aromatic nitrogens is 1. The highest BCUT2D eigenvalue weighted by Crippen LogP contribution is 2.37. The molecule has 2 heterocycles. The van der Waals surface area contributed by atoms with Crippen molar-refractivity contribution in [3.63, 3.8) is 0 Å². The van der Waals surface area contributed by atoms with Gasteiger partial charge in [-0.15, -0.1) is 0 Å². The topological polar surface area (TPSA) is 66.8 Å². The van der Waals surface area contributed by atoms with E-state index in [9.17, 15) is 14.0 Å². The van der Waals surface area contributed by atoms with Gasteiger partial charge in [0.1, 0.15) is 24.7 Å². The summed E-state index contributed by atoms with van der Waals surface area (Å²) < 4.78 is 33.5. The van der Waals surface area contributed by atoms with Gasteiger partial charge < -0.3 is 18.8 Å². The summed E-state index contributed by atoms with van der Waals surface area (Å²) in [4.78, 5) is 26.0. The number of para-hydroxylation sites is 2. The van der Waals surface area contributed by atoms with Gasteiger partial charge in [0.15, 0.2) is 5.43 Å². The lowest BCUT2D eigenvalue weighted by molar-refractivity contribution is -0.145. The lowest BCUT2D eigenvalue weighted by Gasteiger charge is -2.28. The van der Waals surface area contributed by atoms with Crippen molar-refractivity contribution < 1.29 is 23.4 Å². The minimum Gasteiger partial charge on any atom is -0.460 e. The van der Waals surface area contributed by atoms with E-state index in [2.05, 4.69) is 0 Å². The van der Waals surface area contributed by atoms with Crippen molar-refractivity contribution in [3.8, 4) is 5.75 Å². The van der Waals surface area contributed by atoms with Gasteiger partial charge in [-0.3, -0.25) is 9.59 Å². The molecule has 184 valence electrons. The lowest BCUT2D eigenvalue weighted by atomic mass is 10.1. The normalized spacial score (nSPS) is 14.8. The number of esters is 1. The molecule has 0 bridgehead atoms. The Hall–Kier alpha value is -4.49. The Morgan fingerprint density at radius 3 is 2.27 bits per heavy atom. The predicted molar refractivity (Wildman–Crippen MR) is 137 cm³/mol. The fraction of sp³-hybridized carbons (Fsp3) is 0.133. The summed E-state index contributed by atoms with van der Waals surface area (Å²) in [6.45, 7) is -0.116. The van der Waals surface area contributed by atoms with E-state index in [1.165, 1.54) is 12.1 Å². The van der Waals surface area contributed by atoms with Crippen LogP contribution in [0.3, 0.4) is 0 Å². The number of nitrogens with zero attached hydrogens (tertiary/aromatic N) is 1. The van der Waals surface area contributed by atoms with Gasteiger partial charge in [-0.1, -0.05) is 54.6 Å². The molecule has 0 fully saturated rings. The summed E-state index contributed by atoms with van der Waals surface area (Å²) in [5.41, 5.74) is 2.99. The fourth-order valence-corrected chi connectivity index (χ4v) is 4.74. The maximum Gasteiger partial charge on any atom is 0.326 e. The van der Waals surface area contributed by atoms with Gasteiger partial charge in [-0.05, 0) is 36.4 Å². The molecule has 0 aliphatic carbocycles. The van der Waals surface area contributed by atoms with Crippen LogP contribution in [-0.2, 0) is 34.0 Å². The number of pyridine rings is 1. The Balaban J connectivity index is 1.27. The molecule has 0 amide bonds. The van der Waals surface area contributed by atoms with E-state index in [0.29, 0.717) is 38.7 Å². The highest BCUT2D eigenvalue weighted by Gasteiger charge is 2.26. The monoisotopic (exact) mass is 495 g/mol. The zero-order chi connectivity index (χ0) is 25.4. The molecule has 1 aliphatic heterocycles. The van der Waals surface area contributed by atoms with Gasteiger partial charge in [0.2, 0.25) is 6.29 Å². The lowest BCUT2D eigenvalue weighted by Crippen LogP contribution is -2.21. The number of carbonyl (C=O) groups is 1. The van der Waals surface area contributed by atoms with Crippen LogP contribution in [0, 0.1) is 5.82 Å². The van der Waals surface area contributed by atoms with Crippen molar-refractivity contribution >= 4 is 27.8 Å². The van der Waals surface area contributed by atoms with Crippen molar-refractivity contribution in [2.45, 2.75) is 26.0 Å². The van der Waals surface area contributed by atoms with E-state index in [-0.39, 0.29) is 25.2 Å². The summed E-state index contributed by atoms with van der Waals surface area (Å²) in [5, 5.41) is 1.04. The minimum atomic E-state index is -0.646. The van der Waals surface area contributed by atoms with Crippen LogP contribution in [0.2, 0.25) is 0 Å². The Morgan fingerprint density at radius 2 is 1.57 bits per heavy atom. The van der Waals surface area contributed by atoms with E-state index in [1.54, 1.807) is 41.0 Å². The van der Waals surface area contributed by atoms with Gasteiger partial charge in [0, 0.05) is 27.5 Å². The Morgan fingerprint density at radius 1 is 0.919 bits per heavy atom. The van der Waals surface area contributed by atoms with Gasteiger partial charge in [0.05, 0.1) is 17.6 Å². The zero-order valence-corrected chi connectivity index (χ0v) is 19.7. The quantitative estimate of drug-likeness (QED) is 0.233. The van der Waals surface area contributed by atoms with Crippen LogP contribution in [0.1, 0.15) is 23.0 Å². The second-order valence-corrected chi connectivity index (χ2v) is 8.83. The molecule has 0 N–H and O–H groups in total. The molecule has 0 saturated carbocycles. The third-order valence-corrected chi connectivity index (χ3v) is 6.45. The number of halogens is 1. The number of benzene rings is 4. The molecule has 6 rings (SSSR count). The van der Waals surface area contributed by atoms with E-state index < -0.39 is 18.1 Å². The SMILES string of the molecule is O=C(Cn1c2ccccc2c(=O)c2ccccc21)OCc1cc(F)cc2c1OC(c1ccccc1)OC2. The first kappa shape index (κ1) is 22.9. The number of hydrogen-bond donors (Lipinski definition) is 0. The Labute approximate surface area is 211 Å². The summed E-state index contributed by atoms with van der Waals surface area (Å²) in [5.74, 6) is -0.537. The maximum atomic E-state index is 14.3. The molecule has 1 aromatic heterocycles. The van der Waals surface area contributed by atoms with E-state index >= 15 is 0 Å². The van der Waals surface area contributed by atoms with Crippen LogP contribution in [0.15, 0.2) is 95.8 Å². The second-order valence-electron chi connectivity index (χ2n) is 8.83. The summed E-state index contributed by atoms with van der Waals surface area (Å²) in [6.07, 6.45) is -0.646. The molecule has 7 heteroatoms. The van der Waals surface area contributed by atoms with Crippen LogP contribution in [0.5, 0.6) is 5.75 Å². The van der Waals surface area contributed by atoms with Crippen LogP contribution in [-0.4, -0.2) is 10.5 Å². The zero-order valence-electron chi connectivity index (χ0n) is 19.7. The molecule has 0 saturated heterocycles. The van der Waals surface area contributed by atoms with Crippen molar-refractivity contribution in [2.24, 2.45) is 0 Å². The summed E-state index contributed by atoms with van der Waals surface area (Å²) in [7, 11) is 0. The number of fused-ring (bicyclic) bond motifs is 3. The largest absolute Gasteiger partial charge is 0.460 e. The molecular weight excluding hydrogens is 473 g/mol. The van der Waals surface area contributed by atoms with Crippen molar-refractivity contribution in [3.05, 3.63) is 124 Å². The van der Waals surface area contributed by atoms with Gasteiger partial charge >= 0.3 is 5.97 Å². The van der Waals surface area contributed by atoms with Crippen molar-refractivity contribution in [1.29, 1.82) is 0 Å². The van der Waals surface area contributed by atoms with Crippen LogP contribution in [0.4, 0.5) is 4.39 Å². The Kier molecular flexibility index (Phi) is 5.90. The molecule has 4 aromatic carbocycles. The first-order valence-electron chi connectivity index (χ1n) is 11.9. The summed E-state index contributed by atoms with van der Waals surface area (Å²) >= 11 is 0. The van der Waals surface area contributed by atoms with Crippen LogP contribution in [0.25, 0.3) is 21.8 Å². The number of rotatable bonds is 5. The van der Waals surface area contributed by atoms with Gasteiger partial charge in [-0.25, -0.2) is 4.39 Å². The highest BCUT2D eigenvalue weighted by molar-refractivity contribution is 5.94. The third kappa shape index (κ3) is 4.34. The number of carbonyl (C=O) groups excluding carboxylic acids is 1. The molecule has 1 atom stereocenters. The van der Waals surface area contributed by atoms with E-state index in [4.69, 9.17) is 14.2 Å². The maximum absolute atomic E-state index is 14.3. The third-order valence-electron chi connectivity index (χ3n) is 6.45. The molecule has 5 aromatic rings. The summed E-state index contributed by atoms with van der Waals surface area (Å²) in [6, 6.07) is 26.4. The molecule has 0 spiro atoms. The average molecular weight is 496 g/mol. The first-order valence-corrected chi connectivity index (χ1v) is 11.9. The molecular formula is C30H22FNO5. The molecule has 0 radical (unpaired) electrons. The average Bonchev–Trinajstić information content (AvgIpc) is 2.94. The highest BCUT2D eigenvalue weighted by atomic mass is 19.1. The first-order chi connectivity index (χ1) is 18.1.